The zero-order chi connectivity index (χ0) is 9.35. The average Bonchev–Trinajstić information content (AvgIpc) is 2.28. The van der Waals surface area contributed by atoms with Crippen molar-refractivity contribution in [2.45, 2.75) is 58.0 Å². The van der Waals surface area contributed by atoms with E-state index in [2.05, 4.69) is 0 Å². The Kier molecular flexibility index (Phi) is 2.76. The summed E-state index contributed by atoms with van der Waals surface area (Å²) < 4.78 is 0. The quantitative estimate of drug-likeness (QED) is 0.652. The Bertz CT molecular complexity index is 161. The van der Waals surface area contributed by atoms with E-state index in [9.17, 15) is 10.2 Å². The minimum Gasteiger partial charge on any atom is -0.378 e. The van der Waals surface area contributed by atoms with E-state index in [4.69, 9.17) is 0 Å². The van der Waals surface area contributed by atoms with Gasteiger partial charge in [0, 0.05) is 6.04 Å². The Labute approximate surface area is 74.0 Å². The molecule has 0 aromatic carbocycles. The van der Waals surface area contributed by atoms with Gasteiger partial charge in [-0.1, -0.05) is 6.92 Å². The topological polar surface area (TPSA) is 43.7 Å². The van der Waals surface area contributed by atoms with Crippen molar-refractivity contribution in [3.63, 3.8) is 0 Å². The van der Waals surface area contributed by atoms with Crippen LogP contribution in [0.1, 0.15) is 40.0 Å². The lowest BCUT2D eigenvalue weighted by Gasteiger charge is -2.37. The van der Waals surface area contributed by atoms with Gasteiger partial charge in [0.1, 0.15) is 12.0 Å². The van der Waals surface area contributed by atoms with Crippen molar-refractivity contribution in [1.29, 1.82) is 0 Å². The molecule has 12 heavy (non-hydrogen) atoms. The highest BCUT2D eigenvalue weighted by Gasteiger charge is 2.44. The van der Waals surface area contributed by atoms with E-state index in [1.165, 1.54) is 0 Å². The molecule has 0 aromatic heterocycles. The predicted molar refractivity (Wildman–Crippen MR) is 47.5 cm³/mol. The van der Waals surface area contributed by atoms with Gasteiger partial charge in [0.05, 0.1) is 0 Å². The van der Waals surface area contributed by atoms with Gasteiger partial charge < -0.3 is 10.2 Å². The van der Waals surface area contributed by atoms with Crippen LogP contribution in [-0.2, 0) is 0 Å². The minimum absolute atomic E-state index is 0.201. The molecular weight excluding hydrogens is 154 g/mol. The summed E-state index contributed by atoms with van der Waals surface area (Å²) >= 11 is 0. The molecule has 1 saturated heterocycles. The minimum atomic E-state index is -0.770. The maximum absolute atomic E-state index is 10.1. The number of hydrogen-bond acceptors (Lipinski definition) is 3. The van der Waals surface area contributed by atoms with E-state index < -0.39 is 12.0 Å². The monoisotopic (exact) mass is 173 g/mol. The predicted octanol–water partition coefficient (Wildman–Crippen LogP) is 0.908. The van der Waals surface area contributed by atoms with Crippen molar-refractivity contribution < 1.29 is 10.2 Å². The zero-order valence-electron chi connectivity index (χ0n) is 8.12. The maximum atomic E-state index is 10.1. The maximum Gasteiger partial charge on any atom is 0.120 e. The van der Waals surface area contributed by atoms with Gasteiger partial charge in [-0.05, 0) is 33.1 Å². The molecule has 0 aromatic rings. The van der Waals surface area contributed by atoms with Crippen LogP contribution in [0.5, 0.6) is 0 Å². The van der Waals surface area contributed by atoms with Crippen LogP contribution in [0.3, 0.4) is 0 Å². The molecule has 1 aliphatic heterocycles. The summed E-state index contributed by atoms with van der Waals surface area (Å²) in [5.74, 6) is 0. The molecule has 3 nitrogen and oxygen atoms in total. The van der Waals surface area contributed by atoms with E-state index in [0.29, 0.717) is 19.3 Å². The standard InChI is InChI=1S/C9H19NO2/c1-4-9(12)6-5-8(11)10(9)7(2)3/h7-8,11-12H,4-6H2,1-3H3. The SMILES string of the molecule is CCC1(O)CCC(O)N1C(C)C. The van der Waals surface area contributed by atoms with E-state index in [0.717, 1.165) is 0 Å². The number of aliphatic hydroxyl groups is 2. The lowest BCUT2D eigenvalue weighted by Crippen LogP contribution is -2.50. The second kappa shape index (κ2) is 3.32. The Balaban J connectivity index is 2.77. The Morgan fingerprint density at radius 1 is 1.58 bits per heavy atom. The second-order valence-corrected chi connectivity index (χ2v) is 3.86. The fourth-order valence-corrected chi connectivity index (χ4v) is 2.09. The summed E-state index contributed by atoms with van der Waals surface area (Å²) in [6.45, 7) is 5.94. The molecule has 1 rings (SSSR count). The highest BCUT2D eigenvalue weighted by atomic mass is 16.3. The fourth-order valence-electron chi connectivity index (χ4n) is 2.09. The fraction of sp³-hybridized carbons (Fsp3) is 1.00. The number of hydrogen-bond donors (Lipinski definition) is 2. The van der Waals surface area contributed by atoms with Gasteiger partial charge in [0.15, 0.2) is 0 Å². The first-order valence-electron chi connectivity index (χ1n) is 4.70. The normalized spacial score (nSPS) is 38.0. The first kappa shape index (κ1) is 9.96. The zero-order valence-corrected chi connectivity index (χ0v) is 8.12. The third-order valence-electron chi connectivity index (χ3n) is 2.73. The average molecular weight is 173 g/mol. The molecular formula is C9H19NO2. The van der Waals surface area contributed by atoms with Crippen LogP contribution < -0.4 is 0 Å². The molecule has 0 saturated carbocycles. The molecule has 3 heteroatoms. The van der Waals surface area contributed by atoms with Crippen LogP contribution in [0.4, 0.5) is 0 Å². The largest absolute Gasteiger partial charge is 0.378 e. The van der Waals surface area contributed by atoms with Crippen LogP contribution in [0.25, 0.3) is 0 Å². The van der Waals surface area contributed by atoms with Gasteiger partial charge in [-0.2, -0.15) is 0 Å². The number of likely N-dealkylation sites (tertiary alicyclic amines) is 1. The van der Waals surface area contributed by atoms with E-state index >= 15 is 0 Å². The smallest absolute Gasteiger partial charge is 0.120 e. The molecule has 2 N–H and O–H groups in total. The first-order valence-corrected chi connectivity index (χ1v) is 4.70. The van der Waals surface area contributed by atoms with Crippen LogP contribution in [0, 0.1) is 0 Å². The van der Waals surface area contributed by atoms with E-state index in [1.54, 1.807) is 4.90 Å². The molecule has 1 heterocycles. The first-order chi connectivity index (χ1) is 5.51. The molecule has 0 spiro atoms. The van der Waals surface area contributed by atoms with Gasteiger partial charge >= 0.3 is 0 Å². The number of rotatable bonds is 2. The third kappa shape index (κ3) is 1.49. The van der Waals surface area contributed by atoms with Gasteiger partial charge in [-0.25, -0.2) is 4.90 Å². The number of aliphatic hydroxyl groups excluding tert-OH is 1. The van der Waals surface area contributed by atoms with Gasteiger partial charge in [0.25, 0.3) is 0 Å². The molecule has 0 amide bonds. The highest BCUT2D eigenvalue weighted by molar-refractivity contribution is 4.89. The van der Waals surface area contributed by atoms with Crippen molar-refractivity contribution >= 4 is 0 Å². The van der Waals surface area contributed by atoms with Crippen LogP contribution in [0.2, 0.25) is 0 Å². The summed E-state index contributed by atoms with van der Waals surface area (Å²) in [6, 6.07) is 0.201. The van der Waals surface area contributed by atoms with E-state index in [1.807, 2.05) is 20.8 Å². The summed E-state index contributed by atoms with van der Waals surface area (Å²) in [6.07, 6.45) is 1.59. The number of nitrogens with zero attached hydrogens (tertiary/aromatic N) is 1. The lowest BCUT2D eigenvalue weighted by atomic mass is 10.1. The molecule has 72 valence electrons. The van der Waals surface area contributed by atoms with Crippen LogP contribution >= 0.6 is 0 Å². The molecule has 2 unspecified atom stereocenters. The second-order valence-electron chi connectivity index (χ2n) is 3.86. The molecule has 1 fully saturated rings. The summed E-state index contributed by atoms with van der Waals surface area (Å²) in [5.41, 5.74) is -0.770. The molecule has 1 aliphatic rings. The van der Waals surface area contributed by atoms with Crippen LogP contribution in [0.15, 0.2) is 0 Å². The van der Waals surface area contributed by atoms with Gasteiger partial charge in [-0.15, -0.1) is 0 Å². The Morgan fingerprint density at radius 2 is 2.17 bits per heavy atom. The van der Waals surface area contributed by atoms with Gasteiger partial charge in [0.2, 0.25) is 0 Å². The molecule has 0 radical (unpaired) electrons. The summed E-state index contributed by atoms with van der Waals surface area (Å²) in [4.78, 5) is 1.80. The van der Waals surface area contributed by atoms with Crippen LogP contribution in [-0.4, -0.2) is 33.1 Å². The summed E-state index contributed by atoms with van der Waals surface area (Å²) in [7, 11) is 0. The highest BCUT2D eigenvalue weighted by Crippen LogP contribution is 2.34. The van der Waals surface area contributed by atoms with E-state index in [-0.39, 0.29) is 6.04 Å². The third-order valence-corrected chi connectivity index (χ3v) is 2.73. The van der Waals surface area contributed by atoms with Crippen molar-refractivity contribution in [2.24, 2.45) is 0 Å². The van der Waals surface area contributed by atoms with Crippen molar-refractivity contribution in [3.05, 3.63) is 0 Å². The molecule has 0 bridgehead atoms. The van der Waals surface area contributed by atoms with Crippen molar-refractivity contribution in [1.82, 2.24) is 4.90 Å². The Morgan fingerprint density at radius 3 is 2.50 bits per heavy atom. The van der Waals surface area contributed by atoms with Gasteiger partial charge in [-0.3, -0.25) is 0 Å². The summed E-state index contributed by atoms with van der Waals surface area (Å²) in [5, 5.41) is 19.7. The van der Waals surface area contributed by atoms with Crippen molar-refractivity contribution in [3.8, 4) is 0 Å². The molecule has 0 aliphatic carbocycles. The van der Waals surface area contributed by atoms with Crippen molar-refractivity contribution in [2.75, 3.05) is 0 Å². The lowest BCUT2D eigenvalue weighted by molar-refractivity contribution is -0.149. The Hall–Kier alpha value is -0.120. The molecule has 2 atom stereocenters.